The van der Waals surface area contributed by atoms with Crippen molar-refractivity contribution < 1.29 is 5.11 Å². The van der Waals surface area contributed by atoms with Gasteiger partial charge in [-0.3, -0.25) is 13.9 Å². The van der Waals surface area contributed by atoms with Gasteiger partial charge in [-0.2, -0.15) is 5.26 Å². The van der Waals surface area contributed by atoms with Gasteiger partial charge < -0.3 is 10.4 Å². The van der Waals surface area contributed by atoms with Gasteiger partial charge >= 0.3 is 5.69 Å². The van der Waals surface area contributed by atoms with Crippen molar-refractivity contribution in [1.82, 2.24) is 9.13 Å². The van der Waals surface area contributed by atoms with E-state index in [0.717, 1.165) is 4.57 Å². The number of anilines is 1. The molecule has 0 radical (unpaired) electrons. The van der Waals surface area contributed by atoms with Gasteiger partial charge in [0.25, 0.3) is 5.56 Å². The first kappa shape index (κ1) is 14.1. The van der Waals surface area contributed by atoms with E-state index in [4.69, 9.17) is 10.4 Å². The van der Waals surface area contributed by atoms with Gasteiger partial charge in [0.2, 0.25) is 0 Å². The van der Waals surface area contributed by atoms with Crippen LogP contribution in [0.15, 0.2) is 21.7 Å². The molecule has 0 unspecified atom stereocenters. The molecular formula is C13H16N4O3. The van der Waals surface area contributed by atoms with E-state index < -0.39 is 11.2 Å². The van der Waals surface area contributed by atoms with Crippen molar-refractivity contribution in [2.45, 2.75) is 12.5 Å². The summed E-state index contributed by atoms with van der Waals surface area (Å²) in [5, 5.41) is 21.3. The fraction of sp³-hybridized carbons (Fsp3) is 0.462. The fourth-order valence-electron chi connectivity index (χ4n) is 2.31. The summed E-state index contributed by atoms with van der Waals surface area (Å²) in [6.45, 7) is 0.0509. The number of nitriles is 1. The van der Waals surface area contributed by atoms with Gasteiger partial charge in [-0.15, -0.1) is 0 Å². The fourth-order valence-corrected chi connectivity index (χ4v) is 2.31. The standard InChI is InChI=1S/C13H16N4O3/c1-16-11(15-9-4-3-8(5-9)7-18)10(6-14)12(19)17(2)13(16)20/h3-4,8-9,15,18H,5,7H2,1-2H3/t8-,9+/m0/s1. The molecule has 0 aromatic carbocycles. The van der Waals surface area contributed by atoms with Crippen LogP contribution >= 0.6 is 0 Å². The quantitative estimate of drug-likeness (QED) is 0.711. The lowest BCUT2D eigenvalue weighted by molar-refractivity contribution is 0.250. The molecule has 2 rings (SSSR count). The zero-order chi connectivity index (χ0) is 14.9. The molecule has 20 heavy (non-hydrogen) atoms. The molecule has 1 aliphatic carbocycles. The zero-order valence-electron chi connectivity index (χ0n) is 11.3. The van der Waals surface area contributed by atoms with Crippen LogP contribution < -0.4 is 16.6 Å². The van der Waals surface area contributed by atoms with Gasteiger partial charge in [-0.1, -0.05) is 12.2 Å². The Hall–Kier alpha value is -2.33. The molecule has 0 bridgehead atoms. The van der Waals surface area contributed by atoms with E-state index in [1.165, 1.54) is 18.7 Å². The Morgan fingerprint density at radius 3 is 2.65 bits per heavy atom. The Labute approximate surface area is 115 Å². The number of hydrogen-bond donors (Lipinski definition) is 2. The first-order valence-electron chi connectivity index (χ1n) is 6.25. The highest BCUT2D eigenvalue weighted by Gasteiger charge is 2.22. The van der Waals surface area contributed by atoms with Crippen molar-refractivity contribution in [2.75, 3.05) is 11.9 Å². The molecule has 0 amide bonds. The van der Waals surface area contributed by atoms with Crippen molar-refractivity contribution in [1.29, 1.82) is 5.26 Å². The Bertz CT molecular complexity index is 708. The third-order valence-electron chi connectivity index (χ3n) is 3.51. The summed E-state index contributed by atoms with van der Waals surface area (Å²) in [6, 6.07) is 1.73. The van der Waals surface area contributed by atoms with Crippen LogP contribution in [0.1, 0.15) is 12.0 Å². The number of hydrogen-bond acceptors (Lipinski definition) is 5. The lowest BCUT2D eigenvalue weighted by Gasteiger charge is -2.18. The van der Waals surface area contributed by atoms with E-state index in [1.54, 1.807) is 0 Å². The minimum absolute atomic E-state index is 0.0509. The van der Waals surface area contributed by atoms with Crippen molar-refractivity contribution in [3.05, 3.63) is 38.6 Å². The second-order valence-electron chi connectivity index (χ2n) is 4.86. The number of aliphatic hydroxyl groups excluding tert-OH is 1. The molecule has 106 valence electrons. The molecule has 2 atom stereocenters. The van der Waals surface area contributed by atoms with Crippen LogP contribution in [0.4, 0.5) is 5.82 Å². The van der Waals surface area contributed by atoms with Gasteiger partial charge in [0.1, 0.15) is 11.9 Å². The molecule has 7 heteroatoms. The molecular weight excluding hydrogens is 260 g/mol. The van der Waals surface area contributed by atoms with Gasteiger partial charge in [0, 0.05) is 32.7 Å². The third-order valence-corrected chi connectivity index (χ3v) is 3.51. The molecule has 0 spiro atoms. The average Bonchev–Trinajstić information content (AvgIpc) is 2.90. The molecule has 0 fully saturated rings. The molecule has 1 aliphatic rings. The van der Waals surface area contributed by atoms with Crippen LogP contribution in [0.5, 0.6) is 0 Å². The summed E-state index contributed by atoms with van der Waals surface area (Å²) in [5.74, 6) is 0.274. The maximum Gasteiger partial charge on any atom is 0.332 e. The van der Waals surface area contributed by atoms with Crippen molar-refractivity contribution in [3.8, 4) is 6.07 Å². The summed E-state index contributed by atoms with van der Waals surface area (Å²) in [4.78, 5) is 23.8. The monoisotopic (exact) mass is 276 g/mol. The third kappa shape index (κ3) is 2.26. The lowest BCUT2D eigenvalue weighted by atomic mass is 10.1. The Morgan fingerprint density at radius 2 is 2.10 bits per heavy atom. The number of aromatic nitrogens is 2. The highest BCUT2D eigenvalue weighted by atomic mass is 16.3. The van der Waals surface area contributed by atoms with Crippen molar-refractivity contribution in [3.63, 3.8) is 0 Å². The molecule has 0 saturated heterocycles. The molecule has 2 N–H and O–H groups in total. The predicted molar refractivity (Wildman–Crippen MR) is 73.4 cm³/mol. The van der Waals surface area contributed by atoms with E-state index in [-0.39, 0.29) is 29.9 Å². The van der Waals surface area contributed by atoms with Gasteiger partial charge in [0.15, 0.2) is 5.56 Å². The first-order chi connectivity index (χ1) is 9.49. The van der Waals surface area contributed by atoms with Crippen LogP contribution in [-0.2, 0) is 14.1 Å². The van der Waals surface area contributed by atoms with E-state index in [0.29, 0.717) is 6.42 Å². The van der Waals surface area contributed by atoms with Crippen molar-refractivity contribution >= 4 is 5.82 Å². The van der Waals surface area contributed by atoms with Crippen LogP contribution in [-0.4, -0.2) is 26.9 Å². The van der Waals surface area contributed by atoms with Crippen LogP contribution in [0.25, 0.3) is 0 Å². The summed E-state index contributed by atoms with van der Waals surface area (Å²) >= 11 is 0. The summed E-state index contributed by atoms with van der Waals surface area (Å²) < 4.78 is 2.16. The average molecular weight is 276 g/mol. The zero-order valence-corrected chi connectivity index (χ0v) is 11.3. The molecule has 0 saturated carbocycles. The Kier molecular flexibility index (Phi) is 3.77. The first-order valence-corrected chi connectivity index (χ1v) is 6.25. The van der Waals surface area contributed by atoms with E-state index in [9.17, 15) is 9.59 Å². The largest absolute Gasteiger partial charge is 0.396 e. The minimum Gasteiger partial charge on any atom is -0.396 e. The highest BCUT2D eigenvalue weighted by molar-refractivity contribution is 5.52. The van der Waals surface area contributed by atoms with E-state index >= 15 is 0 Å². The lowest BCUT2D eigenvalue weighted by Crippen LogP contribution is -2.40. The molecule has 1 heterocycles. The van der Waals surface area contributed by atoms with Gasteiger partial charge in [-0.25, -0.2) is 4.79 Å². The molecule has 7 nitrogen and oxygen atoms in total. The number of rotatable bonds is 3. The Morgan fingerprint density at radius 1 is 1.40 bits per heavy atom. The highest BCUT2D eigenvalue weighted by Crippen LogP contribution is 2.21. The van der Waals surface area contributed by atoms with Crippen LogP contribution in [0, 0.1) is 17.2 Å². The molecule has 1 aromatic heterocycles. The smallest absolute Gasteiger partial charge is 0.332 e. The van der Waals surface area contributed by atoms with Crippen LogP contribution in [0.3, 0.4) is 0 Å². The molecule has 1 aromatic rings. The van der Waals surface area contributed by atoms with Gasteiger partial charge in [-0.05, 0) is 6.42 Å². The van der Waals surface area contributed by atoms with Gasteiger partial charge in [0.05, 0.1) is 0 Å². The SMILES string of the molecule is Cn1c(N[C@@H]2C=C[C@H](CO)C2)c(C#N)c(=O)n(C)c1=O. The maximum atomic E-state index is 11.9. The predicted octanol–water partition coefficient (Wildman–Crippen LogP) is -0.695. The summed E-state index contributed by atoms with van der Waals surface area (Å²) in [5.41, 5.74) is -1.19. The second kappa shape index (κ2) is 5.35. The topological polar surface area (TPSA) is 100 Å². The Balaban J connectivity index is 2.43. The summed E-state index contributed by atoms with van der Waals surface area (Å²) in [7, 11) is 2.85. The van der Waals surface area contributed by atoms with Crippen molar-refractivity contribution in [2.24, 2.45) is 20.0 Å². The minimum atomic E-state index is -0.612. The second-order valence-corrected chi connectivity index (χ2v) is 4.86. The van der Waals surface area contributed by atoms with E-state index in [1.807, 2.05) is 18.2 Å². The molecule has 0 aliphatic heterocycles. The number of nitrogens with one attached hydrogen (secondary N) is 1. The van der Waals surface area contributed by atoms with Crippen LogP contribution in [0.2, 0.25) is 0 Å². The summed E-state index contributed by atoms with van der Waals surface area (Å²) in [6.07, 6.45) is 4.40. The normalized spacial score (nSPS) is 20.9. The maximum absolute atomic E-state index is 11.9. The van der Waals surface area contributed by atoms with E-state index in [2.05, 4.69) is 5.32 Å². The number of nitrogens with zero attached hydrogens (tertiary/aromatic N) is 3. The number of aliphatic hydroxyl groups is 1.